The quantitative estimate of drug-likeness (QED) is 0.756. The van der Waals surface area contributed by atoms with Gasteiger partial charge in [-0.05, 0) is 31.2 Å². The van der Waals surface area contributed by atoms with Crippen LogP contribution in [0.1, 0.15) is 6.92 Å². The van der Waals surface area contributed by atoms with Crippen LogP contribution in [0.4, 0.5) is 4.79 Å². The van der Waals surface area contributed by atoms with E-state index in [1.54, 1.807) is 6.92 Å². The van der Waals surface area contributed by atoms with Crippen molar-refractivity contribution in [3.63, 3.8) is 0 Å². The Hall–Kier alpha value is -1.56. The predicted molar refractivity (Wildman–Crippen MR) is 57.2 cm³/mol. The molecule has 0 aliphatic rings. The number of carbonyl (C=O) groups is 1. The molecule has 16 heavy (non-hydrogen) atoms. The van der Waals surface area contributed by atoms with Crippen LogP contribution in [0.3, 0.4) is 0 Å². The number of hydrogen-bond donors (Lipinski definition) is 0. The standard InChI is InChI=1S/C10H12O5S/c1-3-15-10(11)16(12,13)9-6-4-8(14-2)5-7-9/h4-7H,3H2,1-2H3. The van der Waals surface area contributed by atoms with E-state index >= 15 is 0 Å². The predicted octanol–water partition coefficient (Wildman–Crippen LogP) is 1.63. The maximum atomic E-state index is 11.6. The summed E-state index contributed by atoms with van der Waals surface area (Å²) < 4.78 is 32.6. The van der Waals surface area contributed by atoms with Gasteiger partial charge in [0.1, 0.15) is 5.75 Å². The van der Waals surface area contributed by atoms with E-state index in [-0.39, 0.29) is 11.5 Å². The molecule has 0 unspecified atom stereocenters. The van der Waals surface area contributed by atoms with Crippen LogP contribution in [0.2, 0.25) is 0 Å². The van der Waals surface area contributed by atoms with E-state index < -0.39 is 15.1 Å². The lowest BCUT2D eigenvalue weighted by molar-refractivity contribution is 0.178. The van der Waals surface area contributed by atoms with Crippen molar-refractivity contribution < 1.29 is 22.7 Å². The van der Waals surface area contributed by atoms with Gasteiger partial charge in [0.05, 0.1) is 18.6 Å². The van der Waals surface area contributed by atoms with E-state index in [1.807, 2.05) is 0 Å². The summed E-state index contributed by atoms with van der Waals surface area (Å²) in [5.74, 6) is 0.516. The van der Waals surface area contributed by atoms with Crippen molar-refractivity contribution in [3.8, 4) is 5.75 Å². The molecule has 0 radical (unpaired) electrons. The molecule has 88 valence electrons. The number of methoxy groups -OCH3 is 1. The largest absolute Gasteiger partial charge is 0.497 e. The number of hydrogen-bond acceptors (Lipinski definition) is 5. The van der Waals surface area contributed by atoms with E-state index in [2.05, 4.69) is 4.74 Å². The second-order valence-electron chi connectivity index (χ2n) is 2.86. The van der Waals surface area contributed by atoms with Gasteiger partial charge in [0, 0.05) is 0 Å². The molecule has 0 saturated heterocycles. The number of sulfone groups is 1. The van der Waals surface area contributed by atoms with Crippen molar-refractivity contribution in [1.82, 2.24) is 0 Å². The molecule has 0 fully saturated rings. The third-order valence-electron chi connectivity index (χ3n) is 1.85. The molecule has 0 amide bonds. The first kappa shape index (κ1) is 12.5. The highest BCUT2D eigenvalue weighted by atomic mass is 32.2. The number of rotatable bonds is 3. The maximum Gasteiger partial charge on any atom is 0.429 e. The Bertz CT molecular complexity index is 460. The summed E-state index contributed by atoms with van der Waals surface area (Å²) in [4.78, 5) is 11.1. The van der Waals surface area contributed by atoms with Gasteiger partial charge in [0.15, 0.2) is 0 Å². The zero-order valence-corrected chi connectivity index (χ0v) is 9.78. The molecule has 0 atom stereocenters. The molecule has 1 rings (SSSR count). The van der Waals surface area contributed by atoms with Crippen molar-refractivity contribution in [2.75, 3.05) is 13.7 Å². The molecule has 5 nitrogen and oxygen atoms in total. The van der Waals surface area contributed by atoms with Crippen LogP contribution in [-0.4, -0.2) is 27.4 Å². The average Bonchev–Trinajstić information content (AvgIpc) is 2.29. The topological polar surface area (TPSA) is 69.7 Å². The molecule has 0 aliphatic carbocycles. The van der Waals surface area contributed by atoms with Crippen molar-refractivity contribution in [2.45, 2.75) is 11.8 Å². The molecule has 0 bridgehead atoms. The lowest BCUT2D eigenvalue weighted by Crippen LogP contribution is -2.16. The molecule has 0 saturated carbocycles. The summed E-state index contributed by atoms with van der Waals surface area (Å²) in [6.45, 7) is 1.57. The summed E-state index contributed by atoms with van der Waals surface area (Å²) >= 11 is 0. The van der Waals surface area contributed by atoms with Crippen LogP contribution >= 0.6 is 0 Å². The normalized spacial score (nSPS) is 10.9. The van der Waals surface area contributed by atoms with Crippen LogP contribution in [0.15, 0.2) is 29.2 Å². The fraction of sp³-hybridized carbons (Fsp3) is 0.300. The minimum absolute atomic E-state index is 0.0220. The van der Waals surface area contributed by atoms with Gasteiger partial charge < -0.3 is 9.47 Å². The fourth-order valence-electron chi connectivity index (χ4n) is 1.05. The molecule has 1 aromatic rings. The first-order chi connectivity index (χ1) is 7.52. The lowest BCUT2D eigenvalue weighted by atomic mass is 10.3. The summed E-state index contributed by atoms with van der Waals surface area (Å²) in [5.41, 5.74) is 0. The highest BCUT2D eigenvalue weighted by Gasteiger charge is 2.26. The summed E-state index contributed by atoms with van der Waals surface area (Å²) in [5, 5.41) is -1.24. The second kappa shape index (κ2) is 4.98. The van der Waals surface area contributed by atoms with Gasteiger partial charge in [0.25, 0.3) is 9.84 Å². The van der Waals surface area contributed by atoms with Crippen molar-refractivity contribution in [3.05, 3.63) is 24.3 Å². The molecule has 0 aromatic heterocycles. The number of benzene rings is 1. The minimum atomic E-state index is -4.04. The van der Waals surface area contributed by atoms with Crippen LogP contribution in [0, 0.1) is 0 Å². The Morgan fingerprint density at radius 3 is 2.25 bits per heavy atom. The first-order valence-electron chi connectivity index (χ1n) is 4.58. The van der Waals surface area contributed by atoms with E-state index in [4.69, 9.17) is 4.74 Å². The molecule has 0 heterocycles. The van der Waals surface area contributed by atoms with Gasteiger partial charge in [-0.25, -0.2) is 13.2 Å². The van der Waals surface area contributed by atoms with Gasteiger partial charge >= 0.3 is 5.30 Å². The lowest BCUT2D eigenvalue weighted by Gasteiger charge is -2.04. The van der Waals surface area contributed by atoms with Gasteiger partial charge in [-0.1, -0.05) is 0 Å². The number of ether oxygens (including phenoxy) is 2. The molecular weight excluding hydrogens is 232 g/mol. The zero-order valence-electron chi connectivity index (χ0n) is 8.97. The summed E-state index contributed by atoms with van der Waals surface area (Å²) in [6, 6.07) is 5.52. The Labute approximate surface area is 93.9 Å². The van der Waals surface area contributed by atoms with Gasteiger partial charge in [-0.2, -0.15) is 0 Å². The van der Waals surface area contributed by atoms with Crippen molar-refractivity contribution >= 4 is 15.1 Å². The molecule has 0 N–H and O–H groups in total. The average molecular weight is 244 g/mol. The first-order valence-corrected chi connectivity index (χ1v) is 6.06. The Kier molecular flexibility index (Phi) is 3.89. The molecule has 0 aliphatic heterocycles. The van der Waals surface area contributed by atoms with E-state index in [9.17, 15) is 13.2 Å². The van der Waals surface area contributed by atoms with E-state index in [0.29, 0.717) is 5.75 Å². The second-order valence-corrected chi connectivity index (χ2v) is 4.67. The summed E-state index contributed by atoms with van der Waals surface area (Å²) in [7, 11) is -2.58. The SMILES string of the molecule is CCOC(=O)S(=O)(=O)c1ccc(OC)cc1. The highest BCUT2D eigenvalue weighted by Crippen LogP contribution is 2.17. The smallest absolute Gasteiger partial charge is 0.429 e. The maximum absolute atomic E-state index is 11.6. The zero-order chi connectivity index (χ0) is 12.2. The van der Waals surface area contributed by atoms with Crippen LogP contribution in [-0.2, 0) is 14.6 Å². The molecule has 1 aromatic carbocycles. The Morgan fingerprint density at radius 2 is 1.81 bits per heavy atom. The molecule has 6 heteroatoms. The molecular formula is C10H12O5S. The monoisotopic (exact) mass is 244 g/mol. The third kappa shape index (κ3) is 2.52. The minimum Gasteiger partial charge on any atom is -0.497 e. The third-order valence-corrected chi connectivity index (χ3v) is 3.30. The molecule has 0 spiro atoms. The van der Waals surface area contributed by atoms with E-state index in [0.717, 1.165) is 0 Å². The number of carbonyl (C=O) groups excluding carboxylic acids is 1. The van der Waals surface area contributed by atoms with Crippen LogP contribution in [0.25, 0.3) is 0 Å². The Morgan fingerprint density at radius 1 is 1.25 bits per heavy atom. The highest BCUT2D eigenvalue weighted by molar-refractivity contribution is 8.05. The van der Waals surface area contributed by atoms with E-state index in [1.165, 1.54) is 31.4 Å². The van der Waals surface area contributed by atoms with Crippen LogP contribution in [0.5, 0.6) is 5.75 Å². The Balaban J connectivity index is 3.03. The van der Waals surface area contributed by atoms with Gasteiger partial charge in [-0.3, -0.25) is 0 Å². The fourth-order valence-corrected chi connectivity index (χ4v) is 2.01. The van der Waals surface area contributed by atoms with Crippen LogP contribution < -0.4 is 4.74 Å². The van der Waals surface area contributed by atoms with Gasteiger partial charge in [-0.15, -0.1) is 0 Å². The van der Waals surface area contributed by atoms with Gasteiger partial charge in [0.2, 0.25) is 0 Å². The van der Waals surface area contributed by atoms with Crippen molar-refractivity contribution in [2.24, 2.45) is 0 Å². The summed E-state index contributed by atoms with van der Waals surface area (Å²) in [6.07, 6.45) is 0. The van der Waals surface area contributed by atoms with Crippen molar-refractivity contribution in [1.29, 1.82) is 0 Å².